The maximum atomic E-state index is 12.5. The highest BCUT2D eigenvalue weighted by atomic mass is 16.3. The first-order chi connectivity index (χ1) is 8.52. The van der Waals surface area contributed by atoms with E-state index in [0.29, 0.717) is 13.1 Å². The smallest absolute Gasteiger partial charge is 0.254 e. The molecule has 0 bridgehead atoms. The summed E-state index contributed by atoms with van der Waals surface area (Å²) in [5.74, 6) is -0.0154. The summed E-state index contributed by atoms with van der Waals surface area (Å²) in [7, 11) is 1.76. The van der Waals surface area contributed by atoms with Gasteiger partial charge in [-0.1, -0.05) is 18.2 Å². The number of carbonyl (C=O) groups excluding carboxylic acids is 1. The van der Waals surface area contributed by atoms with Gasteiger partial charge in [0.25, 0.3) is 5.91 Å². The van der Waals surface area contributed by atoms with E-state index in [1.165, 1.54) is 0 Å². The van der Waals surface area contributed by atoms with Gasteiger partial charge in [0.15, 0.2) is 0 Å². The predicted molar refractivity (Wildman–Crippen MR) is 70.7 cm³/mol. The van der Waals surface area contributed by atoms with Gasteiger partial charge in [-0.25, -0.2) is 0 Å². The average Bonchev–Trinajstić information content (AvgIpc) is 2.74. The Bertz CT molecular complexity index is 439. The molecule has 0 aromatic heterocycles. The molecule has 4 heteroatoms. The summed E-state index contributed by atoms with van der Waals surface area (Å²) in [6.07, 6.45) is -0.483. The molecule has 2 atom stereocenters. The summed E-state index contributed by atoms with van der Waals surface area (Å²) in [6.45, 7) is 5.08. The number of likely N-dealkylation sites (N-methyl/N-ethyl adjacent to an activating group) is 1. The molecule has 0 unspecified atom stereocenters. The SMILES string of the molecule is Cc1cccc(C)c1C(=O)N(C)[C@@H]1CNC[C@H]1O. The molecule has 1 aromatic rings. The van der Waals surface area contributed by atoms with Crippen molar-refractivity contribution in [1.29, 1.82) is 0 Å². The fourth-order valence-electron chi connectivity index (χ4n) is 2.52. The zero-order valence-electron chi connectivity index (χ0n) is 11.1. The van der Waals surface area contributed by atoms with Gasteiger partial charge in [0.1, 0.15) is 0 Å². The summed E-state index contributed by atoms with van der Waals surface area (Å²) in [6, 6.07) is 5.69. The van der Waals surface area contributed by atoms with Crippen molar-refractivity contribution in [1.82, 2.24) is 10.2 Å². The molecule has 98 valence electrons. The highest BCUT2D eigenvalue weighted by Gasteiger charge is 2.32. The standard InChI is InChI=1S/C14H20N2O2/c1-9-5-4-6-10(2)13(9)14(18)16(3)11-7-15-8-12(11)17/h4-6,11-12,15,17H,7-8H2,1-3H3/t11-,12-/m1/s1. The van der Waals surface area contributed by atoms with Gasteiger partial charge in [-0.3, -0.25) is 4.79 Å². The maximum Gasteiger partial charge on any atom is 0.254 e. The second-order valence-electron chi connectivity index (χ2n) is 4.98. The lowest BCUT2D eigenvalue weighted by Crippen LogP contribution is -2.44. The Kier molecular flexibility index (Phi) is 3.68. The maximum absolute atomic E-state index is 12.5. The number of β-amino-alcohol motifs (C(OH)–C–C–N with tert-alkyl or cyclic N) is 1. The minimum atomic E-state index is -0.483. The van der Waals surface area contributed by atoms with E-state index in [1.807, 2.05) is 32.0 Å². The first-order valence-electron chi connectivity index (χ1n) is 6.24. The first-order valence-corrected chi connectivity index (χ1v) is 6.24. The van der Waals surface area contributed by atoms with Gasteiger partial charge in [-0.2, -0.15) is 0 Å². The van der Waals surface area contributed by atoms with Crippen LogP contribution in [0.5, 0.6) is 0 Å². The van der Waals surface area contributed by atoms with Gasteiger partial charge in [-0.05, 0) is 25.0 Å². The van der Waals surface area contributed by atoms with Crippen LogP contribution in [0, 0.1) is 13.8 Å². The van der Waals surface area contributed by atoms with E-state index >= 15 is 0 Å². The van der Waals surface area contributed by atoms with Crippen molar-refractivity contribution in [3.63, 3.8) is 0 Å². The minimum absolute atomic E-state index is 0.0154. The van der Waals surface area contributed by atoms with E-state index in [4.69, 9.17) is 0 Å². The molecule has 0 radical (unpaired) electrons. The average molecular weight is 248 g/mol. The van der Waals surface area contributed by atoms with Crippen molar-refractivity contribution in [2.75, 3.05) is 20.1 Å². The van der Waals surface area contributed by atoms with Crippen LogP contribution in [-0.4, -0.2) is 48.2 Å². The van der Waals surface area contributed by atoms with Crippen LogP contribution >= 0.6 is 0 Å². The monoisotopic (exact) mass is 248 g/mol. The van der Waals surface area contributed by atoms with Gasteiger partial charge in [0, 0.05) is 25.7 Å². The molecule has 2 N–H and O–H groups in total. The third-order valence-corrected chi connectivity index (χ3v) is 3.66. The lowest BCUT2D eigenvalue weighted by atomic mass is 10.0. The molecule has 1 saturated heterocycles. The molecular formula is C14H20N2O2. The predicted octanol–water partition coefficient (Wildman–Crippen LogP) is 0.708. The third kappa shape index (κ3) is 2.26. The van der Waals surface area contributed by atoms with E-state index in [9.17, 15) is 9.90 Å². The zero-order valence-corrected chi connectivity index (χ0v) is 11.1. The number of rotatable bonds is 2. The van der Waals surface area contributed by atoms with Crippen molar-refractivity contribution in [3.05, 3.63) is 34.9 Å². The van der Waals surface area contributed by atoms with Crippen molar-refractivity contribution in [2.45, 2.75) is 26.0 Å². The molecule has 0 aliphatic carbocycles. The Hall–Kier alpha value is -1.39. The molecule has 1 fully saturated rings. The summed E-state index contributed by atoms with van der Waals surface area (Å²) in [5, 5.41) is 12.9. The Balaban J connectivity index is 2.26. The molecule has 1 aliphatic rings. The number of nitrogens with one attached hydrogen (secondary N) is 1. The van der Waals surface area contributed by atoms with Gasteiger partial charge in [0.2, 0.25) is 0 Å². The Morgan fingerprint density at radius 3 is 2.44 bits per heavy atom. The van der Waals surface area contributed by atoms with Crippen LogP contribution in [0.4, 0.5) is 0 Å². The molecule has 2 rings (SSSR count). The second-order valence-corrected chi connectivity index (χ2v) is 4.98. The van der Waals surface area contributed by atoms with E-state index in [2.05, 4.69) is 5.32 Å². The van der Waals surface area contributed by atoms with Crippen LogP contribution in [0.2, 0.25) is 0 Å². The summed E-state index contributed by atoms with van der Waals surface area (Å²) in [4.78, 5) is 14.2. The summed E-state index contributed by atoms with van der Waals surface area (Å²) in [5.41, 5.74) is 2.71. The highest BCUT2D eigenvalue weighted by molar-refractivity contribution is 5.97. The molecule has 1 aromatic carbocycles. The number of amides is 1. The van der Waals surface area contributed by atoms with Gasteiger partial charge in [-0.15, -0.1) is 0 Å². The largest absolute Gasteiger partial charge is 0.390 e. The number of carbonyl (C=O) groups is 1. The third-order valence-electron chi connectivity index (χ3n) is 3.66. The molecule has 1 aliphatic heterocycles. The second kappa shape index (κ2) is 5.08. The lowest BCUT2D eigenvalue weighted by Gasteiger charge is -2.27. The van der Waals surface area contributed by atoms with Gasteiger partial charge in [0.05, 0.1) is 12.1 Å². The van der Waals surface area contributed by atoms with Crippen molar-refractivity contribution < 1.29 is 9.90 Å². The lowest BCUT2D eigenvalue weighted by molar-refractivity contribution is 0.0580. The quantitative estimate of drug-likeness (QED) is 0.810. The van der Waals surface area contributed by atoms with Gasteiger partial charge >= 0.3 is 0 Å². The van der Waals surface area contributed by atoms with E-state index in [0.717, 1.165) is 16.7 Å². The number of aryl methyl sites for hydroxylation is 2. The van der Waals surface area contributed by atoms with E-state index < -0.39 is 6.10 Å². The molecule has 18 heavy (non-hydrogen) atoms. The molecule has 0 saturated carbocycles. The number of hydrogen-bond donors (Lipinski definition) is 2. The van der Waals surface area contributed by atoms with Crippen molar-refractivity contribution >= 4 is 5.91 Å². The number of benzene rings is 1. The van der Waals surface area contributed by atoms with Gasteiger partial charge < -0.3 is 15.3 Å². The fourth-order valence-corrected chi connectivity index (χ4v) is 2.52. The van der Waals surface area contributed by atoms with Crippen LogP contribution in [0.25, 0.3) is 0 Å². The number of aliphatic hydroxyl groups is 1. The zero-order chi connectivity index (χ0) is 13.3. The van der Waals surface area contributed by atoms with Crippen LogP contribution < -0.4 is 5.32 Å². The first kappa shape index (κ1) is 13.1. The van der Waals surface area contributed by atoms with Crippen LogP contribution in [0.15, 0.2) is 18.2 Å². The topological polar surface area (TPSA) is 52.6 Å². The van der Waals surface area contributed by atoms with E-state index in [-0.39, 0.29) is 11.9 Å². The Morgan fingerprint density at radius 2 is 1.94 bits per heavy atom. The molecule has 1 amide bonds. The molecular weight excluding hydrogens is 228 g/mol. The Labute approximate surface area is 108 Å². The van der Waals surface area contributed by atoms with Crippen molar-refractivity contribution in [2.24, 2.45) is 0 Å². The summed E-state index contributed by atoms with van der Waals surface area (Å²) < 4.78 is 0. The number of hydrogen-bond acceptors (Lipinski definition) is 3. The normalized spacial score (nSPS) is 23.1. The van der Waals surface area contributed by atoms with Crippen LogP contribution in [0.3, 0.4) is 0 Å². The van der Waals surface area contributed by atoms with Crippen molar-refractivity contribution in [3.8, 4) is 0 Å². The van der Waals surface area contributed by atoms with E-state index in [1.54, 1.807) is 11.9 Å². The fraction of sp³-hybridized carbons (Fsp3) is 0.500. The molecule has 1 heterocycles. The number of aliphatic hydroxyl groups excluding tert-OH is 1. The van der Waals surface area contributed by atoms with Crippen LogP contribution in [0.1, 0.15) is 21.5 Å². The summed E-state index contributed by atoms with van der Waals surface area (Å²) >= 11 is 0. The molecule has 4 nitrogen and oxygen atoms in total. The number of nitrogens with zero attached hydrogens (tertiary/aromatic N) is 1. The highest BCUT2D eigenvalue weighted by Crippen LogP contribution is 2.18. The van der Waals surface area contributed by atoms with Crippen LogP contribution in [-0.2, 0) is 0 Å². The molecule has 0 spiro atoms. The minimum Gasteiger partial charge on any atom is -0.390 e. The Morgan fingerprint density at radius 1 is 1.33 bits per heavy atom.